The maximum absolute atomic E-state index is 14.0. The van der Waals surface area contributed by atoms with Gasteiger partial charge in [-0.2, -0.15) is 8.78 Å². The van der Waals surface area contributed by atoms with Crippen molar-refractivity contribution in [2.45, 2.75) is 32.3 Å². The lowest BCUT2D eigenvalue weighted by Crippen LogP contribution is -2.39. The SMILES string of the molecule is CCOC(=O)C(F)(F)C(OC(=O)CC)c1cccs1. The predicted molar refractivity (Wildman–Crippen MR) is 65.0 cm³/mol. The Morgan fingerprint density at radius 3 is 2.58 bits per heavy atom. The van der Waals surface area contributed by atoms with E-state index in [1.54, 1.807) is 5.38 Å². The molecule has 0 bridgehead atoms. The molecule has 1 rings (SSSR count). The van der Waals surface area contributed by atoms with E-state index < -0.39 is 24.0 Å². The Morgan fingerprint density at radius 1 is 1.42 bits per heavy atom. The van der Waals surface area contributed by atoms with Gasteiger partial charge in [-0.3, -0.25) is 4.79 Å². The fourth-order valence-electron chi connectivity index (χ4n) is 1.30. The molecule has 0 aliphatic rings. The average Bonchev–Trinajstić information content (AvgIpc) is 2.89. The molecule has 0 aliphatic carbocycles. The summed E-state index contributed by atoms with van der Waals surface area (Å²) < 4.78 is 37.0. The summed E-state index contributed by atoms with van der Waals surface area (Å²) in [4.78, 5) is 22.7. The Bertz CT molecular complexity index is 431. The van der Waals surface area contributed by atoms with Gasteiger partial charge in [-0.1, -0.05) is 13.0 Å². The molecule has 0 saturated heterocycles. The maximum Gasteiger partial charge on any atom is 0.383 e. The molecule has 4 nitrogen and oxygen atoms in total. The number of rotatable bonds is 6. The first-order valence-corrected chi connectivity index (χ1v) is 6.59. The molecule has 1 aromatic rings. The minimum atomic E-state index is -3.91. The Hall–Kier alpha value is -1.50. The lowest BCUT2D eigenvalue weighted by Gasteiger charge is -2.24. The van der Waals surface area contributed by atoms with Gasteiger partial charge in [0.2, 0.25) is 6.10 Å². The molecule has 0 spiro atoms. The van der Waals surface area contributed by atoms with Crippen LogP contribution in [0.15, 0.2) is 17.5 Å². The Balaban J connectivity index is 3.02. The molecule has 1 unspecified atom stereocenters. The smallest absolute Gasteiger partial charge is 0.383 e. The highest BCUT2D eigenvalue weighted by molar-refractivity contribution is 7.10. The minimum Gasteiger partial charge on any atom is -0.461 e. The van der Waals surface area contributed by atoms with Crippen LogP contribution in [0.1, 0.15) is 31.2 Å². The van der Waals surface area contributed by atoms with E-state index in [0.717, 1.165) is 11.3 Å². The van der Waals surface area contributed by atoms with E-state index >= 15 is 0 Å². The van der Waals surface area contributed by atoms with Gasteiger partial charge in [-0.15, -0.1) is 11.3 Å². The van der Waals surface area contributed by atoms with Crippen LogP contribution in [0.4, 0.5) is 8.78 Å². The molecule has 0 aliphatic heterocycles. The molecule has 19 heavy (non-hydrogen) atoms. The van der Waals surface area contributed by atoms with Gasteiger partial charge >= 0.3 is 17.9 Å². The summed E-state index contributed by atoms with van der Waals surface area (Å²) >= 11 is 0.981. The molecular weight excluding hydrogens is 278 g/mol. The second-order valence-electron chi connectivity index (χ2n) is 3.58. The number of thiophene rings is 1. The predicted octanol–water partition coefficient (Wildman–Crippen LogP) is 2.94. The first kappa shape index (κ1) is 15.6. The molecule has 0 aromatic carbocycles. The van der Waals surface area contributed by atoms with Gasteiger partial charge in [0.15, 0.2) is 0 Å². The van der Waals surface area contributed by atoms with Crippen molar-refractivity contribution in [2.75, 3.05) is 6.61 Å². The molecule has 0 fully saturated rings. The lowest BCUT2D eigenvalue weighted by atomic mass is 10.1. The van der Waals surface area contributed by atoms with Crippen LogP contribution in [0, 0.1) is 0 Å². The molecule has 1 heterocycles. The molecular formula is C12H14F2O4S. The van der Waals surface area contributed by atoms with Crippen molar-refractivity contribution in [3.05, 3.63) is 22.4 Å². The van der Waals surface area contributed by atoms with E-state index in [-0.39, 0.29) is 17.9 Å². The van der Waals surface area contributed by atoms with Crippen LogP contribution in [0.3, 0.4) is 0 Å². The molecule has 0 radical (unpaired) electrons. The van der Waals surface area contributed by atoms with Crippen LogP contribution < -0.4 is 0 Å². The van der Waals surface area contributed by atoms with Crippen LogP contribution in [0.5, 0.6) is 0 Å². The fourth-order valence-corrected chi connectivity index (χ4v) is 2.09. The summed E-state index contributed by atoms with van der Waals surface area (Å²) in [5, 5.41) is 1.56. The van der Waals surface area contributed by atoms with E-state index in [2.05, 4.69) is 4.74 Å². The number of carbonyl (C=O) groups excluding carboxylic acids is 2. The van der Waals surface area contributed by atoms with E-state index in [0.29, 0.717) is 0 Å². The van der Waals surface area contributed by atoms with Crippen molar-refractivity contribution in [3.63, 3.8) is 0 Å². The highest BCUT2D eigenvalue weighted by Crippen LogP contribution is 2.38. The van der Waals surface area contributed by atoms with Crippen molar-refractivity contribution in [1.82, 2.24) is 0 Å². The number of carbonyl (C=O) groups is 2. The Morgan fingerprint density at radius 2 is 2.11 bits per heavy atom. The molecule has 106 valence electrons. The van der Waals surface area contributed by atoms with Crippen LogP contribution in [-0.2, 0) is 19.1 Å². The largest absolute Gasteiger partial charge is 0.461 e. The Labute approximate surface area is 113 Å². The van der Waals surface area contributed by atoms with Crippen LogP contribution in [-0.4, -0.2) is 24.5 Å². The van der Waals surface area contributed by atoms with Crippen LogP contribution >= 0.6 is 11.3 Å². The maximum atomic E-state index is 14.0. The Kier molecular flexibility index (Phi) is 5.41. The second kappa shape index (κ2) is 6.60. The number of esters is 2. The monoisotopic (exact) mass is 292 g/mol. The molecule has 0 amide bonds. The van der Waals surface area contributed by atoms with E-state index in [4.69, 9.17) is 4.74 Å². The average molecular weight is 292 g/mol. The topological polar surface area (TPSA) is 52.6 Å². The van der Waals surface area contributed by atoms with Gasteiger partial charge in [0.25, 0.3) is 0 Å². The first-order valence-electron chi connectivity index (χ1n) is 5.71. The number of hydrogen-bond donors (Lipinski definition) is 0. The molecule has 1 atom stereocenters. The van der Waals surface area contributed by atoms with Gasteiger partial charge in [-0.25, -0.2) is 4.79 Å². The number of halogens is 2. The van der Waals surface area contributed by atoms with Crippen molar-refractivity contribution in [3.8, 4) is 0 Å². The molecule has 7 heteroatoms. The van der Waals surface area contributed by atoms with Gasteiger partial charge in [0, 0.05) is 6.42 Å². The van der Waals surface area contributed by atoms with Gasteiger partial charge in [-0.05, 0) is 18.4 Å². The summed E-state index contributed by atoms with van der Waals surface area (Å²) in [5.74, 6) is -6.41. The first-order chi connectivity index (χ1) is 8.93. The molecule has 0 N–H and O–H groups in total. The third-order valence-electron chi connectivity index (χ3n) is 2.22. The van der Waals surface area contributed by atoms with E-state index in [1.165, 1.54) is 26.0 Å². The van der Waals surface area contributed by atoms with Crippen molar-refractivity contribution in [2.24, 2.45) is 0 Å². The summed E-state index contributed by atoms with van der Waals surface area (Å²) in [7, 11) is 0. The zero-order chi connectivity index (χ0) is 14.5. The number of alkyl halides is 2. The normalized spacial score (nSPS) is 12.8. The number of ether oxygens (including phenoxy) is 2. The highest BCUT2D eigenvalue weighted by atomic mass is 32.1. The van der Waals surface area contributed by atoms with Gasteiger partial charge < -0.3 is 9.47 Å². The molecule has 1 aromatic heterocycles. The quantitative estimate of drug-likeness (QED) is 0.756. The second-order valence-corrected chi connectivity index (χ2v) is 4.56. The third kappa shape index (κ3) is 3.73. The zero-order valence-electron chi connectivity index (χ0n) is 10.5. The van der Waals surface area contributed by atoms with Crippen molar-refractivity contribution >= 4 is 23.3 Å². The summed E-state index contributed by atoms with van der Waals surface area (Å²) in [6.07, 6.45) is -2.00. The van der Waals surface area contributed by atoms with Gasteiger partial charge in [0.05, 0.1) is 11.5 Å². The van der Waals surface area contributed by atoms with Crippen LogP contribution in [0.2, 0.25) is 0 Å². The summed E-state index contributed by atoms with van der Waals surface area (Å²) in [6, 6.07) is 2.92. The third-order valence-corrected chi connectivity index (χ3v) is 3.13. The van der Waals surface area contributed by atoms with E-state index in [1.807, 2.05) is 0 Å². The van der Waals surface area contributed by atoms with Crippen molar-refractivity contribution < 1.29 is 27.8 Å². The highest BCUT2D eigenvalue weighted by Gasteiger charge is 2.52. The van der Waals surface area contributed by atoms with E-state index in [9.17, 15) is 18.4 Å². The summed E-state index contributed by atoms with van der Waals surface area (Å²) in [6.45, 7) is 2.73. The molecule has 0 saturated carbocycles. The standard InChI is InChI=1S/C12H14F2O4S/c1-3-9(15)18-10(8-6-5-7-19-8)12(13,14)11(16)17-4-2/h5-7,10H,3-4H2,1-2H3. The fraction of sp³-hybridized carbons (Fsp3) is 0.500. The van der Waals surface area contributed by atoms with Gasteiger partial charge in [0.1, 0.15) is 0 Å². The van der Waals surface area contributed by atoms with Crippen molar-refractivity contribution in [1.29, 1.82) is 0 Å². The minimum absolute atomic E-state index is 0.0548. The zero-order valence-corrected chi connectivity index (χ0v) is 11.3. The lowest BCUT2D eigenvalue weighted by molar-refractivity contribution is -0.198. The number of hydrogen-bond acceptors (Lipinski definition) is 5. The van der Waals surface area contributed by atoms with Crippen LogP contribution in [0.25, 0.3) is 0 Å². The summed E-state index contributed by atoms with van der Waals surface area (Å²) in [5.41, 5.74) is 0.